The van der Waals surface area contributed by atoms with E-state index < -0.39 is 30.5 Å². The highest BCUT2D eigenvalue weighted by Crippen LogP contribution is 2.38. The van der Waals surface area contributed by atoms with Crippen LogP contribution in [-0.4, -0.2) is 40.2 Å². The lowest BCUT2D eigenvalue weighted by Crippen LogP contribution is -2.49. The highest BCUT2D eigenvalue weighted by Gasteiger charge is 2.44. The number of hydrogen-bond donors (Lipinski definition) is 2. The van der Waals surface area contributed by atoms with Gasteiger partial charge in [-0.3, -0.25) is 9.18 Å². The summed E-state index contributed by atoms with van der Waals surface area (Å²) in [6, 6.07) is 4.84. The number of halogens is 4. The van der Waals surface area contributed by atoms with Gasteiger partial charge in [0.15, 0.2) is 0 Å². The molecule has 0 saturated heterocycles. The van der Waals surface area contributed by atoms with Gasteiger partial charge < -0.3 is 14.8 Å². The lowest BCUT2D eigenvalue weighted by molar-refractivity contribution is -0.121. The van der Waals surface area contributed by atoms with Crippen LogP contribution in [0.3, 0.4) is 0 Å². The third-order valence-corrected chi connectivity index (χ3v) is 5.07. The summed E-state index contributed by atoms with van der Waals surface area (Å²) in [4.78, 5) is 12.6. The van der Waals surface area contributed by atoms with E-state index in [0.29, 0.717) is 16.2 Å². The quantitative estimate of drug-likeness (QED) is 0.819. The summed E-state index contributed by atoms with van der Waals surface area (Å²) < 4.78 is 41.6. The van der Waals surface area contributed by atoms with Crippen molar-refractivity contribution in [2.75, 3.05) is 13.2 Å². The fourth-order valence-electron chi connectivity index (χ4n) is 3.57. The first-order valence-electron chi connectivity index (χ1n) is 8.47. The number of hydrogen-bond acceptors (Lipinski definition) is 2. The molecule has 1 fully saturated rings. The van der Waals surface area contributed by atoms with Gasteiger partial charge in [0, 0.05) is 37.7 Å². The second-order valence-corrected chi connectivity index (χ2v) is 7.26. The van der Waals surface area contributed by atoms with E-state index in [2.05, 4.69) is 5.32 Å². The van der Waals surface area contributed by atoms with Gasteiger partial charge in [0.25, 0.3) is 11.8 Å². The van der Waals surface area contributed by atoms with E-state index in [-0.39, 0.29) is 37.8 Å². The lowest BCUT2D eigenvalue weighted by atomic mass is 9.82. The number of nitrogens with zero attached hydrogens (tertiary/aromatic N) is 1. The number of fused-ring (bicyclic) bond motifs is 1. The first kappa shape index (κ1) is 19.0. The molecule has 2 aromatic heterocycles. The van der Waals surface area contributed by atoms with Gasteiger partial charge in [0.05, 0.1) is 28.4 Å². The molecule has 142 valence electrons. The summed E-state index contributed by atoms with van der Waals surface area (Å²) in [6.07, 6.45) is 1.26. The van der Waals surface area contributed by atoms with E-state index in [0.717, 1.165) is 0 Å². The molecule has 0 spiro atoms. The minimum absolute atomic E-state index is 0.116. The molecule has 0 radical (unpaired) electrons. The van der Waals surface area contributed by atoms with Crippen LogP contribution < -0.4 is 5.32 Å². The largest absolute Gasteiger partial charge is 0.388 e. The highest BCUT2D eigenvalue weighted by molar-refractivity contribution is 6.34. The van der Waals surface area contributed by atoms with E-state index in [1.165, 1.54) is 6.07 Å². The van der Waals surface area contributed by atoms with Crippen molar-refractivity contribution in [2.24, 2.45) is 0 Å². The Labute approximate surface area is 153 Å². The number of carbonyl (C=O) groups excluding carboxylic acids is 1. The van der Waals surface area contributed by atoms with Gasteiger partial charge in [0.2, 0.25) is 0 Å². The average Bonchev–Trinajstić information content (AvgIpc) is 2.92. The first-order valence-corrected chi connectivity index (χ1v) is 8.85. The van der Waals surface area contributed by atoms with Crippen molar-refractivity contribution >= 4 is 23.0 Å². The summed E-state index contributed by atoms with van der Waals surface area (Å²) in [5.74, 6) is -3.47. The van der Waals surface area contributed by atoms with Crippen LogP contribution in [0.1, 0.15) is 41.7 Å². The zero-order chi connectivity index (χ0) is 18.9. The maximum atomic E-state index is 13.6. The van der Waals surface area contributed by atoms with Crippen LogP contribution in [0.5, 0.6) is 0 Å². The van der Waals surface area contributed by atoms with Crippen molar-refractivity contribution in [3.05, 3.63) is 40.7 Å². The number of aromatic nitrogens is 1. The smallest absolute Gasteiger partial charge is 0.253 e. The molecule has 8 heteroatoms. The van der Waals surface area contributed by atoms with E-state index in [1.54, 1.807) is 22.7 Å². The van der Waals surface area contributed by atoms with Gasteiger partial charge >= 0.3 is 0 Å². The van der Waals surface area contributed by atoms with Gasteiger partial charge in [-0.2, -0.15) is 0 Å². The summed E-state index contributed by atoms with van der Waals surface area (Å²) in [6.45, 7) is -0.865. The standard InChI is InChI=1S/C18H20ClF3N2O2/c19-14-3-1-8-24-12(4-7-20)9-13(15(14)24)16(25)23-11-17(26)5-2-6-18(21,22)10-17/h1,3,8-9,26H,2,4-7,10-11H2,(H,23,25). The molecular weight excluding hydrogens is 369 g/mol. The molecule has 26 heavy (non-hydrogen) atoms. The molecule has 2 N–H and O–H groups in total. The Balaban J connectivity index is 1.82. The molecule has 0 aromatic carbocycles. The summed E-state index contributed by atoms with van der Waals surface area (Å²) in [5.41, 5.74) is -0.405. The minimum atomic E-state index is -2.93. The Morgan fingerprint density at radius 2 is 2.15 bits per heavy atom. The second kappa shape index (κ2) is 7.12. The van der Waals surface area contributed by atoms with Crippen LogP contribution in [0, 0.1) is 0 Å². The predicted octanol–water partition coefficient (Wildman–Crippen LogP) is 3.77. The van der Waals surface area contributed by atoms with E-state index >= 15 is 0 Å². The minimum Gasteiger partial charge on any atom is -0.388 e. The molecule has 3 rings (SSSR count). The maximum Gasteiger partial charge on any atom is 0.253 e. The zero-order valence-electron chi connectivity index (χ0n) is 14.1. The lowest BCUT2D eigenvalue weighted by Gasteiger charge is -2.36. The van der Waals surface area contributed by atoms with E-state index in [4.69, 9.17) is 11.6 Å². The summed E-state index contributed by atoms with van der Waals surface area (Å²) >= 11 is 6.19. The molecule has 1 saturated carbocycles. The number of aliphatic hydroxyl groups is 1. The van der Waals surface area contributed by atoms with Crippen LogP contribution in [0.15, 0.2) is 24.4 Å². The molecule has 1 unspecified atom stereocenters. The predicted molar refractivity (Wildman–Crippen MR) is 92.8 cm³/mol. The third kappa shape index (κ3) is 3.83. The highest BCUT2D eigenvalue weighted by atomic mass is 35.5. The fourth-order valence-corrected chi connectivity index (χ4v) is 3.84. The van der Waals surface area contributed by atoms with Gasteiger partial charge in [0.1, 0.15) is 0 Å². The molecular formula is C18H20ClF3N2O2. The monoisotopic (exact) mass is 388 g/mol. The van der Waals surface area contributed by atoms with E-state index in [9.17, 15) is 23.1 Å². The average molecular weight is 389 g/mol. The molecule has 1 aliphatic rings. The van der Waals surface area contributed by atoms with Crippen molar-refractivity contribution in [3.63, 3.8) is 0 Å². The van der Waals surface area contributed by atoms with Crippen molar-refractivity contribution in [1.82, 2.24) is 9.72 Å². The Morgan fingerprint density at radius 3 is 2.85 bits per heavy atom. The molecule has 0 aliphatic heterocycles. The Kier molecular flexibility index (Phi) is 5.21. The number of amides is 1. The van der Waals surface area contributed by atoms with Crippen LogP contribution >= 0.6 is 11.6 Å². The molecule has 1 amide bonds. The normalized spacial score (nSPS) is 22.5. The summed E-state index contributed by atoms with van der Waals surface area (Å²) in [7, 11) is 0. The molecule has 4 nitrogen and oxygen atoms in total. The second-order valence-electron chi connectivity index (χ2n) is 6.86. The SMILES string of the molecule is O=C(NCC1(O)CCCC(F)(F)C1)c1cc(CCF)n2cccc(Cl)c12. The van der Waals surface area contributed by atoms with Crippen LogP contribution in [0.2, 0.25) is 5.02 Å². The van der Waals surface area contributed by atoms with Crippen LogP contribution in [0.4, 0.5) is 13.2 Å². The Morgan fingerprint density at radius 1 is 1.38 bits per heavy atom. The zero-order valence-corrected chi connectivity index (χ0v) is 14.8. The molecule has 2 aromatic rings. The Hall–Kier alpha value is -1.73. The molecule has 1 aliphatic carbocycles. The summed E-state index contributed by atoms with van der Waals surface area (Å²) in [5, 5.41) is 13.2. The number of nitrogens with one attached hydrogen (secondary N) is 1. The van der Waals surface area contributed by atoms with Crippen molar-refractivity contribution in [3.8, 4) is 0 Å². The Bertz CT molecular complexity index is 824. The number of alkyl halides is 3. The molecule has 0 bridgehead atoms. The van der Waals surface area contributed by atoms with Crippen molar-refractivity contribution in [2.45, 2.75) is 43.6 Å². The van der Waals surface area contributed by atoms with Crippen LogP contribution in [-0.2, 0) is 6.42 Å². The van der Waals surface area contributed by atoms with Gasteiger partial charge in [-0.15, -0.1) is 0 Å². The van der Waals surface area contributed by atoms with Crippen LogP contribution in [0.25, 0.3) is 5.52 Å². The third-order valence-electron chi connectivity index (χ3n) is 4.77. The maximum absolute atomic E-state index is 13.6. The fraction of sp³-hybridized carbons (Fsp3) is 0.500. The first-order chi connectivity index (χ1) is 12.2. The molecule has 1 atom stereocenters. The number of pyridine rings is 1. The number of carbonyl (C=O) groups is 1. The number of rotatable bonds is 5. The van der Waals surface area contributed by atoms with Gasteiger partial charge in [-0.25, -0.2) is 8.78 Å². The van der Waals surface area contributed by atoms with Gasteiger partial charge in [-0.05, 0) is 31.0 Å². The van der Waals surface area contributed by atoms with Gasteiger partial charge in [-0.1, -0.05) is 11.6 Å². The van der Waals surface area contributed by atoms with Crippen molar-refractivity contribution in [1.29, 1.82) is 0 Å². The number of aryl methyl sites for hydroxylation is 1. The van der Waals surface area contributed by atoms with E-state index in [1.807, 2.05) is 0 Å². The molecule has 2 heterocycles. The van der Waals surface area contributed by atoms with Crippen molar-refractivity contribution < 1.29 is 23.1 Å². The topological polar surface area (TPSA) is 53.7 Å².